The zero-order valence-electron chi connectivity index (χ0n) is 19.3. The van der Waals surface area contributed by atoms with Crippen molar-refractivity contribution in [1.29, 1.82) is 0 Å². The Morgan fingerprint density at radius 3 is 2.67 bits per heavy atom. The normalized spacial score (nSPS) is 14.8. The number of fused-ring (bicyclic) bond motifs is 1. The minimum atomic E-state index is -3.47. The number of nitrogens with one attached hydrogen (secondary N) is 2. The Kier molecular flexibility index (Phi) is 6.73. The van der Waals surface area contributed by atoms with Crippen LogP contribution in [0.3, 0.4) is 0 Å². The molecule has 0 atom stereocenters. The van der Waals surface area contributed by atoms with Gasteiger partial charge in [0.15, 0.2) is 11.3 Å². The van der Waals surface area contributed by atoms with Crippen LogP contribution in [-0.4, -0.2) is 40.4 Å². The maximum Gasteiger partial charge on any atom is 0.277 e. The van der Waals surface area contributed by atoms with Gasteiger partial charge < -0.3 is 9.72 Å². The first-order chi connectivity index (χ1) is 15.8. The number of imidazole rings is 1. The molecule has 9 nitrogen and oxygen atoms in total. The first-order valence-electron chi connectivity index (χ1n) is 11.6. The molecule has 0 saturated heterocycles. The highest BCUT2D eigenvalue weighted by Crippen LogP contribution is 2.35. The fourth-order valence-corrected chi connectivity index (χ4v) is 5.50. The van der Waals surface area contributed by atoms with E-state index >= 15 is 0 Å². The van der Waals surface area contributed by atoms with Gasteiger partial charge >= 0.3 is 0 Å². The second-order valence-electron chi connectivity index (χ2n) is 8.58. The van der Waals surface area contributed by atoms with Crippen LogP contribution < -0.4 is 15.0 Å². The summed E-state index contributed by atoms with van der Waals surface area (Å²) in [7, 11) is -3.47. The molecule has 0 amide bonds. The number of H-pyrrole nitrogens is 1. The van der Waals surface area contributed by atoms with E-state index in [4.69, 9.17) is 9.84 Å². The number of sulfonamides is 1. The number of hydrogen-bond acceptors (Lipinski definition) is 6. The third-order valence-corrected chi connectivity index (χ3v) is 7.36. The van der Waals surface area contributed by atoms with Crippen molar-refractivity contribution in [2.24, 2.45) is 0 Å². The third-order valence-electron chi connectivity index (χ3n) is 5.86. The molecule has 33 heavy (non-hydrogen) atoms. The number of aromatic nitrogens is 4. The van der Waals surface area contributed by atoms with Gasteiger partial charge in [-0.15, -0.1) is 5.10 Å². The van der Waals surface area contributed by atoms with Crippen molar-refractivity contribution < 1.29 is 13.2 Å². The van der Waals surface area contributed by atoms with E-state index in [9.17, 15) is 13.2 Å². The van der Waals surface area contributed by atoms with E-state index in [0.717, 1.165) is 37.9 Å². The summed E-state index contributed by atoms with van der Waals surface area (Å²) < 4.78 is 34.8. The molecule has 0 bridgehead atoms. The van der Waals surface area contributed by atoms with E-state index in [1.807, 2.05) is 20.8 Å². The van der Waals surface area contributed by atoms with Crippen LogP contribution in [0.15, 0.2) is 23.0 Å². The van der Waals surface area contributed by atoms with E-state index < -0.39 is 10.0 Å². The zero-order valence-corrected chi connectivity index (χ0v) is 20.2. The third kappa shape index (κ3) is 4.90. The summed E-state index contributed by atoms with van der Waals surface area (Å²) >= 11 is 0. The van der Waals surface area contributed by atoms with Crippen LogP contribution >= 0.6 is 0 Å². The molecular weight excluding hydrogens is 442 g/mol. The smallest absolute Gasteiger partial charge is 0.277 e. The van der Waals surface area contributed by atoms with Crippen molar-refractivity contribution in [2.75, 3.05) is 17.1 Å². The summed E-state index contributed by atoms with van der Waals surface area (Å²) in [6, 6.07) is 5.01. The van der Waals surface area contributed by atoms with Crippen LogP contribution in [0.25, 0.3) is 16.9 Å². The minimum Gasteiger partial charge on any atom is -0.493 e. The second kappa shape index (κ2) is 9.54. The molecule has 1 aliphatic rings. The number of hydrogen-bond donors (Lipinski definition) is 2. The van der Waals surface area contributed by atoms with E-state index in [1.165, 1.54) is 0 Å². The Labute approximate surface area is 193 Å². The average molecular weight is 474 g/mol. The maximum absolute atomic E-state index is 13.0. The molecule has 0 radical (unpaired) electrons. The molecule has 10 heteroatoms. The SMILES string of the molecule is CCCOc1ccc(NS(=O)(=O)CCC)cc1-c1nn2c(C3CCCC3)nc(C)c2c(=O)[nH]1. The molecule has 2 N–H and O–H groups in total. The molecule has 0 unspecified atom stereocenters. The van der Waals surface area contributed by atoms with Crippen LogP contribution in [-0.2, 0) is 10.0 Å². The van der Waals surface area contributed by atoms with Gasteiger partial charge in [-0.2, -0.15) is 0 Å². The average Bonchev–Trinajstić information content (AvgIpc) is 3.40. The van der Waals surface area contributed by atoms with Gasteiger partial charge in [0.05, 0.1) is 23.6 Å². The minimum absolute atomic E-state index is 0.0243. The molecule has 0 spiro atoms. The maximum atomic E-state index is 13.0. The number of benzene rings is 1. The number of anilines is 1. The Balaban J connectivity index is 1.85. The van der Waals surface area contributed by atoms with Crippen LogP contribution in [0.2, 0.25) is 0 Å². The number of aromatic amines is 1. The molecule has 2 aromatic heterocycles. The first-order valence-corrected chi connectivity index (χ1v) is 13.3. The van der Waals surface area contributed by atoms with E-state index in [1.54, 1.807) is 22.7 Å². The number of ether oxygens (including phenoxy) is 1. The molecule has 0 aliphatic heterocycles. The predicted molar refractivity (Wildman–Crippen MR) is 128 cm³/mol. The van der Waals surface area contributed by atoms with Gasteiger partial charge in [-0.25, -0.2) is 17.9 Å². The molecule has 1 fully saturated rings. The summed E-state index contributed by atoms with van der Waals surface area (Å²) in [6.45, 7) is 6.12. The van der Waals surface area contributed by atoms with Crippen LogP contribution in [0.5, 0.6) is 5.75 Å². The molecule has 2 heterocycles. The Morgan fingerprint density at radius 2 is 1.97 bits per heavy atom. The highest BCUT2D eigenvalue weighted by molar-refractivity contribution is 7.92. The number of aryl methyl sites for hydroxylation is 1. The van der Waals surface area contributed by atoms with Crippen molar-refractivity contribution in [1.82, 2.24) is 19.6 Å². The fraction of sp³-hybridized carbons (Fsp3) is 0.522. The van der Waals surface area contributed by atoms with Gasteiger partial charge in [-0.3, -0.25) is 9.52 Å². The molecule has 178 valence electrons. The Morgan fingerprint density at radius 1 is 1.21 bits per heavy atom. The van der Waals surface area contributed by atoms with Gasteiger partial charge in [0.1, 0.15) is 11.6 Å². The zero-order chi connectivity index (χ0) is 23.6. The van der Waals surface area contributed by atoms with Crippen molar-refractivity contribution in [2.45, 2.75) is 65.2 Å². The van der Waals surface area contributed by atoms with Crippen LogP contribution in [0.1, 0.15) is 69.8 Å². The molecule has 4 rings (SSSR count). The lowest BCUT2D eigenvalue weighted by Crippen LogP contribution is -2.17. The lowest BCUT2D eigenvalue weighted by molar-refractivity contribution is 0.318. The lowest BCUT2D eigenvalue weighted by Gasteiger charge is -2.14. The van der Waals surface area contributed by atoms with E-state index in [0.29, 0.717) is 47.1 Å². The molecule has 3 aromatic rings. The topological polar surface area (TPSA) is 118 Å². The summed E-state index contributed by atoms with van der Waals surface area (Å²) in [5.74, 6) is 1.94. The molecule has 1 aromatic carbocycles. The largest absolute Gasteiger partial charge is 0.493 e. The van der Waals surface area contributed by atoms with Gasteiger partial charge in [-0.1, -0.05) is 26.7 Å². The van der Waals surface area contributed by atoms with Gasteiger partial charge in [0, 0.05) is 11.6 Å². The highest BCUT2D eigenvalue weighted by Gasteiger charge is 2.25. The summed E-state index contributed by atoms with van der Waals surface area (Å²) in [6.07, 6.45) is 5.66. The molecular formula is C23H31N5O4S. The Bertz CT molecular complexity index is 1310. The highest BCUT2D eigenvalue weighted by atomic mass is 32.2. The van der Waals surface area contributed by atoms with Gasteiger partial charge in [0.2, 0.25) is 10.0 Å². The number of rotatable bonds is 9. The lowest BCUT2D eigenvalue weighted by atomic mass is 10.1. The fourth-order valence-electron chi connectivity index (χ4n) is 4.38. The van der Waals surface area contributed by atoms with Crippen molar-refractivity contribution >= 4 is 21.2 Å². The summed E-state index contributed by atoms with van der Waals surface area (Å²) in [4.78, 5) is 20.6. The standard InChI is InChI=1S/C23H31N5O4S/c1-4-12-32-19-11-10-17(27-33(30,31)13-5-2)14-18(19)21-25-23(29)20-15(3)24-22(28(20)26-21)16-8-6-7-9-16/h10-11,14,16,27H,4-9,12-13H2,1-3H3,(H,25,26,29). The van der Waals surface area contributed by atoms with E-state index in [2.05, 4.69) is 14.7 Å². The molecule has 1 aliphatic carbocycles. The number of nitrogens with zero attached hydrogens (tertiary/aromatic N) is 3. The van der Waals surface area contributed by atoms with Crippen molar-refractivity contribution in [3.63, 3.8) is 0 Å². The van der Waals surface area contributed by atoms with Gasteiger partial charge in [-0.05, 0) is 50.8 Å². The first kappa shape index (κ1) is 23.3. The van der Waals surface area contributed by atoms with Crippen molar-refractivity contribution in [3.05, 3.63) is 40.1 Å². The second-order valence-corrected chi connectivity index (χ2v) is 10.4. The predicted octanol–water partition coefficient (Wildman–Crippen LogP) is 3.99. The quantitative estimate of drug-likeness (QED) is 0.485. The van der Waals surface area contributed by atoms with Crippen LogP contribution in [0.4, 0.5) is 5.69 Å². The Hall–Kier alpha value is -2.88. The summed E-state index contributed by atoms with van der Waals surface area (Å²) in [5.41, 5.74) is 1.72. The summed E-state index contributed by atoms with van der Waals surface area (Å²) in [5, 5.41) is 4.76. The monoisotopic (exact) mass is 473 g/mol. The van der Waals surface area contributed by atoms with Gasteiger partial charge in [0.25, 0.3) is 5.56 Å². The van der Waals surface area contributed by atoms with E-state index in [-0.39, 0.29) is 17.2 Å². The van der Waals surface area contributed by atoms with Crippen molar-refractivity contribution in [3.8, 4) is 17.1 Å². The molecule has 1 saturated carbocycles. The van der Waals surface area contributed by atoms with Crippen LogP contribution in [0, 0.1) is 6.92 Å².